The fraction of sp³-hybridized carbons (Fsp3) is 0.444. The van der Waals surface area contributed by atoms with Crippen LogP contribution in [0.4, 0.5) is 4.39 Å². The molecule has 1 aromatic heterocycles. The summed E-state index contributed by atoms with van der Waals surface area (Å²) in [7, 11) is 3.22. The molecule has 0 radical (unpaired) electrons. The summed E-state index contributed by atoms with van der Waals surface area (Å²) < 4.78 is 26.0. The molecule has 0 saturated carbocycles. The van der Waals surface area contributed by atoms with Gasteiger partial charge in [0.15, 0.2) is 0 Å². The van der Waals surface area contributed by atoms with Gasteiger partial charge in [0.2, 0.25) is 0 Å². The number of aromatic nitrogens is 2. The molecule has 0 fully saturated rings. The van der Waals surface area contributed by atoms with E-state index in [1.807, 2.05) is 13.8 Å². The quantitative estimate of drug-likeness (QED) is 0.923. The Morgan fingerprint density at radius 2 is 2.20 bits per heavy atom. The van der Waals surface area contributed by atoms with Gasteiger partial charge in [-0.05, 0) is 31.5 Å². The number of benzene rings is 1. The zero-order valence-electron chi connectivity index (χ0n) is 14.8. The molecule has 2 heterocycles. The highest BCUT2D eigenvalue weighted by Crippen LogP contribution is 2.31. The molecule has 6 nitrogen and oxygen atoms in total. The van der Waals surface area contributed by atoms with Gasteiger partial charge in [0.05, 0.1) is 25.0 Å². The Kier molecular flexibility index (Phi) is 4.76. The SMILES string of the molecule is COc1cc(F)cc(CNC(=O)c2c3c(nn2C)[C@H](C)O[C@H](C)C3)c1. The molecular weight excluding hydrogens is 325 g/mol. The van der Waals surface area contributed by atoms with Gasteiger partial charge in [0.25, 0.3) is 5.91 Å². The van der Waals surface area contributed by atoms with Crippen LogP contribution in [0.2, 0.25) is 0 Å². The highest BCUT2D eigenvalue weighted by molar-refractivity contribution is 5.94. The molecule has 2 atom stereocenters. The van der Waals surface area contributed by atoms with Gasteiger partial charge in [-0.25, -0.2) is 4.39 Å². The lowest BCUT2D eigenvalue weighted by molar-refractivity contribution is -0.00710. The van der Waals surface area contributed by atoms with E-state index >= 15 is 0 Å². The van der Waals surface area contributed by atoms with Crippen LogP contribution in [0.5, 0.6) is 5.75 Å². The Bertz CT molecular complexity index is 803. The van der Waals surface area contributed by atoms with Gasteiger partial charge in [-0.15, -0.1) is 0 Å². The maximum atomic E-state index is 13.6. The number of carbonyl (C=O) groups is 1. The summed E-state index contributed by atoms with van der Waals surface area (Å²) in [6.45, 7) is 4.11. The Morgan fingerprint density at radius 3 is 2.92 bits per heavy atom. The lowest BCUT2D eigenvalue weighted by Crippen LogP contribution is -2.28. The van der Waals surface area contributed by atoms with Gasteiger partial charge in [-0.3, -0.25) is 9.48 Å². The van der Waals surface area contributed by atoms with Crippen LogP contribution in [0.1, 0.15) is 47.3 Å². The maximum absolute atomic E-state index is 13.6. The van der Waals surface area contributed by atoms with Gasteiger partial charge in [-0.2, -0.15) is 5.10 Å². The number of halogens is 1. The molecule has 2 aromatic rings. The summed E-state index contributed by atoms with van der Waals surface area (Å²) >= 11 is 0. The number of hydrogen-bond donors (Lipinski definition) is 1. The number of methoxy groups -OCH3 is 1. The zero-order valence-corrected chi connectivity index (χ0v) is 14.8. The van der Waals surface area contributed by atoms with E-state index < -0.39 is 5.82 Å². The minimum Gasteiger partial charge on any atom is -0.497 e. The fourth-order valence-corrected chi connectivity index (χ4v) is 3.26. The van der Waals surface area contributed by atoms with Crippen molar-refractivity contribution < 1.29 is 18.7 Å². The van der Waals surface area contributed by atoms with E-state index in [0.29, 0.717) is 23.4 Å². The van der Waals surface area contributed by atoms with Crippen molar-refractivity contribution >= 4 is 5.91 Å². The number of rotatable bonds is 4. The van der Waals surface area contributed by atoms with E-state index in [1.54, 1.807) is 17.8 Å². The summed E-state index contributed by atoms with van der Waals surface area (Å²) in [6.07, 6.45) is 0.536. The van der Waals surface area contributed by atoms with E-state index in [-0.39, 0.29) is 24.7 Å². The molecule has 0 unspecified atom stereocenters. The number of hydrogen-bond acceptors (Lipinski definition) is 4. The van der Waals surface area contributed by atoms with Gasteiger partial charge in [0, 0.05) is 31.6 Å². The molecule has 1 aliphatic heterocycles. The molecule has 0 spiro atoms. The first-order valence-electron chi connectivity index (χ1n) is 8.22. The number of carbonyl (C=O) groups excluding carboxylic acids is 1. The van der Waals surface area contributed by atoms with Crippen LogP contribution in [-0.4, -0.2) is 28.9 Å². The van der Waals surface area contributed by atoms with Crippen LogP contribution in [0.25, 0.3) is 0 Å². The number of aryl methyl sites for hydroxylation is 1. The molecule has 7 heteroatoms. The van der Waals surface area contributed by atoms with E-state index in [2.05, 4.69) is 10.4 Å². The molecule has 134 valence electrons. The Balaban J connectivity index is 1.80. The first-order chi connectivity index (χ1) is 11.9. The molecule has 0 aliphatic carbocycles. The summed E-state index contributed by atoms with van der Waals surface area (Å²) in [4.78, 5) is 12.7. The predicted octanol–water partition coefficient (Wildman–Crippen LogP) is 2.52. The number of ether oxygens (including phenoxy) is 2. The zero-order chi connectivity index (χ0) is 18.1. The van der Waals surface area contributed by atoms with Crippen molar-refractivity contribution in [1.29, 1.82) is 0 Å². The highest BCUT2D eigenvalue weighted by Gasteiger charge is 2.31. The van der Waals surface area contributed by atoms with Crippen molar-refractivity contribution in [2.75, 3.05) is 7.11 Å². The maximum Gasteiger partial charge on any atom is 0.270 e. The second-order valence-corrected chi connectivity index (χ2v) is 6.31. The average molecular weight is 347 g/mol. The van der Waals surface area contributed by atoms with E-state index in [0.717, 1.165) is 11.3 Å². The van der Waals surface area contributed by atoms with E-state index in [1.165, 1.54) is 19.2 Å². The monoisotopic (exact) mass is 347 g/mol. The van der Waals surface area contributed by atoms with Crippen molar-refractivity contribution in [2.24, 2.45) is 7.05 Å². The van der Waals surface area contributed by atoms with Crippen LogP contribution >= 0.6 is 0 Å². The topological polar surface area (TPSA) is 65.4 Å². The predicted molar refractivity (Wildman–Crippen MR) is 90.0 cm³/mol. The lowest BCUT2D eigenvalue weighted by atomic mass is 9.99. The Morgan fingerprint density at radius 1 is 1.44 bits per heavy atom. The van der Waals surface area contributed by atoms with Crippen molar-refractivity contribution in [3.05, 3.63) is 46.5 Å². The minimum absolute atomic E-state index is 0.0331. The lowest BCUT2D eigenvalue weighted by Gasteiger charge is -2.24. The molecular formula is C18H22FN3O3. The van der Waals surface area contributed by atoms with Gasteiger partial charge < -0.3 is 14.8 Å². The molecule has 1 aliphatic rings. The smallest absolute Gasteiger partial charge is 0.270 e. The van der Waals surface area contributed by atoms with Crippen LogP contribution in [0.15, 0.2) is 18.2 Å². The van der Waals surface area contributed by atoms with Crippen molar-refractivity contribution in [3.63, 3.8) is 0 Å². The third-order valence-corrected chi connectivity index (χ3v) is 4.32. The Labute approximate surface area is 145 Å². The van der Waals surface area contributed by atoms with Gasteiger partial charge in [0.1, 0.15) is 17.3 Å². The van der Waals surface area contributed by atoms with Crippen molar-refractivity contribution in [1.82, 2.24) is 15.1 Å². The number of fused-ring (bicyclic) bond motifs is 1. The molecule has 1 aromatic carbocycles. The fourth-order valence-electron chi connectivity index (χ4n) is 3.26. The molecule has 1 amide bonds. The van der Waals surface area contributed by atoms with Gasteiger partial charge >= 0.3 is 0 Å². The number of nitrogens with zero attached hydrogens (tertiary/aromatic N) is 2. The largest absolute Gasteiger partial charge is 0.497 e. The van der Waals surface area contributed by atoms with Crippen LogP contribution in [-0.2, 0) is 24.8 Å². The number of amides is 1. The molecule has 0 saturated heterocycles. The third-order valence-electron chi connectivity index (χ3n) is 4.32. The van der Waals surface area contributed by atoms with Crippen molar-refractivity contribution in [3.8, 4) is 5.75 Å². The van der Waals surface area contributed by atoms with E-state index in [4.69, 9.17) is 9.47 Å². The van der Waals surface area contributed by atoms with Crippen molar-refractivity contribution in [2.45, 2.75) is 39.0 Å². The first-order valence-corrected chi connectivity index (χ1v) is 8.22. The second kappa shape index (κ2) is 6.84. The summed E-state index contributed by atoms with van der Waals surface area (Å²) in [5, 5.41) is 7.27. The second-order valence-electron chi connectivity index (χ2n) is 6.31. The molecule has 25 heavy (non-hydrogen) atoms. The summed E-state index contributed by atoms with van der Waals surface area (Å²) in [5.74, 6) is -0.218. The first kappa shape index (κ1) is 17.4. The third kappa shape index (κ3) is 3.51. The van der Waals surface area contributed by atoms with Crippen LogP contribution in [0.3, 0.4) is 0 Å². The van der Waals surface area contributed by atoms with Crippen LogP contribution < -0.4 is 10.1 Å². The summed E-state index contributed by atoms with van der Waals surface area (Å²) in [6, 6.07) is 4.37. The van der Waals surface area contributed by atoms with E-state index in [9.17, 15) is 9.18 Å². The Hall–Kier alpha value is -2.41. The summed E-state index contributed by atoms with van der Waals surface area (Å²) in [5.41, 5.74) is 2.88. The average Bonchev–Trinajstić information content (AvgIpc) is 2.88. The highest BCUT2D eigenvalue weighted by atomic mass is 19.1. The molecule has 0 bridgehead atoms. The minimum atomic E-state index is -0.402. The number of nitrogens with one attached hydrogen (secondary N) is 1. The normalized spacial score (nSPS) is 19.4. The standard InChI is InChI=1S/C18H22FN3O3/c1-10-5-15-16(11(2)25-10)21-22(3)17(15)18(23)20-9-12-6-13(19)8-14(7-12)24-4/h6-8,10-11H,5,9H2,1-4H3,(H,20,23)/t10-,11+/m1/s1. The molecule has 3 rings (SSSR count). The molecule has 1 N–H and O–H groups in total. The van der Waals surface area contributed by atoms with Gasteiger partial charge in [-0.1, -0.05) is 0 Å². The van der Waals surface area contributed by atoms with Crippen LogP contribution in [0, 0.1) is 5.82 Å².